The molecule has 0 unspecified atom stereocenters. The van der Waals surface area contributed by atoms with Crippen molar-refractivity contribution in [2.24, 2.45) is 28.6 Å². The van der Waals surface area contributed by atoms with Crippen LogP contribution in [0.3, 0.4) is 0 Å². The summed E-state index contributed by atoms with van der Waals surface area (Å²) < 4.78 is 35.3. The molecule has 0 spiro atoms. The summed E-state index contributed by atoms with van der Waals surface area (Å²) in [7, 11) is -4.33. The number of carbonyl (C=O) groups excluding carboxylic acids is 3. The number of carbonyl (C=O) groups is 3. The third kappa shape index (κ3) is 4.06. The van der Waals surface area contributed by atoms with Crippen molar-refractivity contribution in [3.8, 4) is 0 Å². The fourth-order valence-corrected chi connectivity index (χ4v) is 8.12. The molecule has 3 saturated carbocycles. The lowest BCUT2D eigenvalue weighted by Gasteiger charge is -2.60. The maximum atomic E-state index is 13.1. The van der Waals surface area contributed by atoms with E-state index in [1.54, 1.807) is 6.08 Å². The predicted octanol–water partition coefficient (Wildman–Crippen LogP) is 1.61. The monoisotopic (exact) mass is 498 g/mol. The van der Waals surface area contributed by atoms with Crippen molar-refractivity contribution in [2.45, 2.75) is 76.9 Å². The van der Waals surface area contributed by atoms with Crippen LogP contribution in [0, 0.1) is 28.6 Å². The van der Waals surface area contributed by atoms with Gasteiger partial charge in [-0.15, -0.1) is 0 Å². The van der Waals surface area contributed by atoms with E-state index in [1.807, 2.05) is 6.92 Å². The van der Waals surface area contributed by atoms with Crippen molar-refractivity contribution in [3.05, 3.63) is 11.6 Å². The number of aliphatic hydroxyl groups is 2. The van der Waals surface area contributed by atoms with Crippen LogP contribution in [0.2, 0.25) is 0 Å². The zero-order valence-electron chi connectivity index (χ0n) is 19.7. The molecule has 0 amide bonds. The van der Waals surface area contributed by atoms with E-state index in [1.165, 1.54) is 0 Å². The molecule has 0 aromatic rings. The summed E-state index contributed by atoms with van der Waals surface area (Å²) in [5, 5.41) is 22.9. The highest BCUT2D eigenvalue weighted by Gasteiger charge is 2.68. The van der Waals surface area contributed by atoms with Gasteiger partial charge in [-0.3, -0.25) is 18.9 Å². The van der Waals surface area contributed by atoms with Gasteiger partial charge in [-0.1, -0.05) is 19.4 Å². The fraction of sp³-hybridized carbons (Fsp3) is 0.792. The number of fused-ring (bicyclic) bond motifs is 5. The first-order chi connectivity index (χ1) is 15.7. The molecule has 7 atom stereocenters. The van der Waals surface area contributed by atoms with Crippen LogP contribution >= 0.6 is 0 Å². The minimum Gasteiger partial charge on any atom is -0.458 e. The molecule has 4 aliphatic rings. The van der Waals surface area contributed by atoms with Crippen LogP contribution in [0.15, 0.2) is 11.6 Å². The third-order valence-electron chi connectivity index (χ3n) is 9.44. The number of allylic oxidation sites excluding steroid dienone is 1. The van der Waals surface area contributed by atoms with E-state index in [4.69, 9.17) is 9.29 Å². The Kier molecular flexibility index (Phi) is 6.37. The molecule has 4 aliphatic carbocycles. The Morgan fingerprint density at radius 3 is 2.56 bits per heavy atom. The maximum Gasteiger partial charge on any atom is 0.307 e. The summed E-state index contributed by atoms with van der Waals surface area (Å²) in [5.74, 6) is -2.23. The average Bonchev–Trinajstić information content (AvgIpc) is 3.01. The van der Waals surface area contributed by atoms with Gasteiger partial charge in [0, 0.05) is 11.8 Å². The van der Waals surface area contributed by atoms with Crippen LogP contribution in [0.5, 0.6) is 0 Å². The quantitative estimate of drug-likeness (QED) is 0.366. The lowest BCUT2D eigenvalue weighted by Crippen LogP contribution is -2.62. The number of hydrogen-bond donors (Lipinski definition) is 3. The molecule has 0 aliphatic heterocycles. The van der Waals surface area contributed by atoms with Crippen molar-refractivity contribution < 1.29 is 42.3 Å². The van der Waals surface area contributed by atoms with Crippen LogP contribution in [0.1, 0.15) is 65.2 Å². The van der Waals surface area contributed by atoms with Gasteiger partial charge in [0.15, 0.2) is 12.4 Å². The minimum atomic E-state index is -4.33. The van der Waals surface area contributed by atoms with Gasteiger partial charge >= 0.3 is 5.97 Å². The van der Waals surface area contributed by atoms with Gasteiger partial charge in [-0.2, -0.15) is 8.42 Å². The van der Waals surface area contributed by atoms with Crippen LogP contribution in [0.25, 0.3) is 0 Å². The van der Waals surface area contributed by atoms with Crippen LogP contribution in [-0.4, -0.2) is 64.8 Å². The Morgan fingerprint density at radius 2 is 1.88 bits per heavy atom. The molecule has 0 radical (unpaired) electrons. The molecule has 0 saturated heterocycles. The molecule has 0 heterocycles. The number of esters is 1. The number of Topliss-reactive ketones (excluding diaryl/α,β-unsaturated/α-hetero) is 1. The summed E-state index contributed by atoms with van der Waals surface area (Å²) in [4.78, 5) is 36.9. The van der Waals surface area contributed by atoms with Gasteiger partial charge in [-0.25, -0.2) is 0 Å². The van der Waals surface area contributed by atoms with Crippen molar-refractivity contribution in [1.82, 2.24) is 0 Å². The summed E-state index contributed by atoms with van der Waals surface area (Å²) in [6.07, 6.45) is 4.16. The lowest BCUT2D eigenvalue weighted by atomic mass is 9.45. The van der Waals surface area contributed by atoms with Gasteiger partial charge in [0.25, 0.3) is 10.1 Å². The van der Waals surface area contributed by atoms with Crippen molar-refractivity contribution in [1.29, 1.82) is 0 Å². The summed E-state index contributed by atoms with van der Waals surface area (Å²) in [5.41, 5.74) is -1.83. The molecule has 3 fully saturated rings. The van der Waals surface area contributed by atoms with E-state index in [0.717, 1.165) is 18.4 Å². The molecule has 0 aromatic carbocycles. The van der Waals surface area contributed by atoms with Crippen molar-refractivity contribution in [3.63, 3.8) is 0 Å². The van der Waals surface area contributed by atoms with Gasteiger partial charge < -0.3 is 14.9 Å². The van der Waals surface area contributed by atoms with Gasteiger partial charge in [0.05, 0.1) is 18.3 Å². The lowest BCUT2D eigenvalue weighted by molar-refractivity contribution is -0.184. The Labute approximate surface area is 199 Å². The first kappa shape index (κ1) is 25.5. The van der Waals surface area contributed by atoms with Gasteiger partial charge in [-0.05, 0) is 67.8 Å². The Morgan fingerprint density at radius 1 is 1.18 bits per heavy atom. The molecule has 0 aromatic heterocycles. The second kappa shape index (κ2) is 8.50. The number of rotatable bonds is 6. The standard InChI is InChI=1S/C24H34O9S/c1-22-8-5-15(25)11-14(22)3-4-16-17-6-9-24(29,23(17,2)12-18(26)21(16)22)19(27)13-33-20(28)7-10-34(30,31)32/h11,16-18,21,26,29H,3-10,12-13H2,1-2H3,(H,30,31,32)/t16-,17-,18-,21+,22-,23-,24-/m0/s1. The SMILES string of the molecule is C[C@]12CCC(=O)C=C1CC[C@@H]1[C@@H]2[C@@H](O)C[C@@]2(C)[C@H]1CC[C@]2(O)C(=O)COC(=O)CCS(=O)(=O)O. The van der Waals surface area contributed by atoms with E-state index in [9.17, 15) is 33.0 Å². The minimum absolute atomic E-state index is 0.00101. The van der Waals surface area contributed by atoms with Gasteiger partial charge in [0.2, 0.25) is 5.78 Å². The highest BCUT2D eigenvalue weighted by molar-refractivity contribution is 7.85. The second-order valence-corrected chi connectivity index (χ2v) is 12.7. The molecule has 3 N–H and O–H groups in total. The summed E-state index contributed by atoms with van der Waals surface area (Å²) in [6.45, 7) is 3.27. The molecule has 4 rings (SSSR count). The summed E-state index contributed by atoms with van der Waals surface area (Å²) in [6, 6.07) is 0. The molecule has 190 valence electrons. The molecular weight excluding hydrogens is 464 g/mol. The fourth-order valence-electron chi connectivity index (χ4n) is 7.70. The molecule has 10 heteroatoms. The first-order valence-corrected chi connectivity index (χ1v) is 13.6. The van der Waals surface area contributed by atoms with Crippen LogP contribution in [0.4, 0.5) is 0 Å². The first-order valence-electron chi connectivity index (χ1n) is 12.0. The van der Waals surface area contributed by atoms with E-state index in [2.05, 4.69) is 6.92 Å². The second-order valence-electron chi connectivity index (χ2n) is 11.1. The molecule has 9 nitrogen and oxygen atoms in total. The molecule has 0 bridgehead atoms. The largest absolute Gasteiger partial charge is 0.458 e. The Hall–Kier alpha value is -1.62. The number of aliphatic hydroxyl groups excluding tert-OH is 1. The smallest absolute Gasteiger partial charge is 0.307 e. The van der Waals surface area contributed by atoms with E-state index >= 15 is 0 Å². The molecular formula is C24H34O9S. The van der Waals surface area contributed by atoms with Crippen molar-refractivity contribution >= 4 is 27.7 Å². The predicted molar refractivity (Wildman–Crippen MR) is 120 cm³/mol. The highest BCUT2D eigenvalue weighted by atomic mass is 32.2. The topological polar surface area (TPSA) is 155 Å². The zero-order chi connectivity index (χ0) is 25.1. The maximum absolute atomic E-state index is 13.1. The van der Waals surface area contributed by atoms with Crippen LogP contribution in [-0.2, 0) is 29.2 Å². The van der Waals surface area contributed by atoms with Crippen LogP contribution < -0.4 is 0 Å². The number of ketones is 2. The Bertz CT molecular complexity index is 1030. The summed E-state index contributed by atoms with van der Waals surface area (Å²) >= 11 is 0. The normalized spacial score (nSPS) is 41.7. The number of hydrogen-bond acceptors (Lipinski definition) is 8. The third-order valence-corrected chi connectivity index (χ3v) is 10.2. The van der Waals surface area contributed by atoms with E-state index < -0.39 is 57.8 Å². The zero-order valence-corrected chi connectivity index (χ0v) is 20.5. The number of ether oxygens (including phenoxy) is 1. The molecule has 34 heavy (non-hydrogen) atoms. The average molecular weight is 499 g/mol. The van der Waals surface area contributed by atoms with Gasteiger partial charge in [0.1, 0.15) is 5.60 Å². The van der Waals surface area contributed by atoms with E-state index in [0.29, 0.717) is 19.3 Å². The van der Waals surface area contributed by atoms with Crippen molar-refractivity contribution in [2.75, 3.05) is 12.4 Å². The highest BCUT2D eigenvalue weighted by Crippen LogP contribution is 2.67. The Balaban J connectivity index is 1.51. The van der Waals surface area contributed by atoms with E-state index in [-0.39, 0.29) is 41.8 Å².